The van der Waals surface area contributed by atoms with E-state index in [-0.39, 0.29) is 5.95 Å². The summed E-state index contributed by atoms with van der Waals surface area (Å²) in [6, 6.07) is 0. The summed E-state index contributed by atoms with van der Waals surface area (Å²) in [5.41, 5.74) is 10.9. The Morgan fingerprint density at radius 3 is 2.92 bits per heavy atom. The third-order valence-electron chi connectivity index (χ3n) is 4.28. The highest BCUT2D eigenvalue weighted by molar-refractivity contribution is 7.99. The Balaban J connectivity index is 1.92. The van der Waals surface area contributed by atoms with Crippen LogP contribution in [-0.2, 0) is 6.54 Å². The first-order chi connectivity index (χ1) is 12.0. The average molecular weight is 357 g/mol. The minimum absolute atomic E-state index is 0.273. The molecule has 132 valence electrons. The van der Waals surface area contributed by atoms with Gasteiger partial charge in [0.1, 0.15) is 16.6 Å². The van der Waals surface area contributed by atoms with E-state index in [1.807, 2.05) is 20.0 Å². The molecule has 3 heterocycles. The van der Waals surface area contributed by atoms with Crippen LogP contribution in [0.3, 0.4) is 0 Å². The van der Waals surface area contributed by atoms with E-state index < -0.39 is 0 Å². The van der Waals surface area contributed by atoms with E-state index >= 15 is 0 Å². The predicted molar refractivity (Wildman–Crippen MR) is 103 cm³/mol. The first-order valence-corrected chi connectivity index (χ1v) is 9.21. The lowest BCUT2D eigenvalue weighted by molar-refractivity contribution is 0.407. The molecule has 0 aromatic carbocycles. The molecule has 3 rings (SSSR count). The van der Waals surface area contributed by atoms with Crippen molar-refractivity contribution < 1.29 is 4.74 Å². The van der Waals surface area contributed by atoms with Gasteiger partial charge in [0, 0.05) is 17.3 Å². The number of allylic oxidation sites excluding steroid dienone is 1. The van der Waals surface area contributed by atoms with Gasteiger partial charge in [-0.3, -0.25) is 4.98 Å². The summed E-state index contributed by atoms with van der Waals surface area (Å²) in [4.78, 5) is 13.3. The van der Waals surface area contributed by atoms with Crippen molar-refractivity contribution in [2.45, 2.75) is 38.3 Å². The summed E-state index contributed by atoms with van der Waals surface area (Å²) in [6.07, 6.45) is 3.85. The first-order valence-electron chi connectivity index (χ1n) is 8.22. The minimum Gasteiger partial charge on any atom is -0.496 e. The number of nitrogen functional groups attached to an aromatic ring is 1. The van der Waals surface area contributed by atoms with Crippen molar-refractivity contribution in [3.8, 4) is 5.75 Å². The summed E-state index contributed by atoms with van der Waals surface area (Å²) < 4.78 is 5.48. The van der Waals surface area contributed by atoms with Gasteiger partial charge in [0.05, 0.1) is 24.9 Å². The Morgan fingerprint density at radius 1 is 1.36 bits per heavy atom. The van der Waals surface area contributed by atoms with E-state index in [1.54, 1.807) is 18.9 Å². The lowest BCUT2D eigenvalue weighted by Crippen LogP contribution is -2.11. The van der Waals surface area contributed by atoms with E-state index in [0.29, 0.717) is 6.54 Å². The van der Waals surface area contributed by atoms with Crippen LogP contribution in [0.25, 0.3) is 5.57 Å². The van der Waals surface area contributed by atoms with E-state index in [9.17, 15) is 0 Å². The number of nitrogens with two attached hydrogens (primary N) is 1. The molecule has 0 fully saturated rings. The number of nitrogens with one attached hydrogen (secondary N) is 1. The van der Waals surface area contributed by atoms with Gasteiger partial charge < -0.3 is 15.8 Å². The average Bonchev–Trinajstić information content (AvgIpc) is 2.76. The van der Waals surface area contributed by atoms with Crippen LogP contribution in [0, 0.1) is 13.8 Å². The molecular weight excluding hydrogens is 334 g/mol. The largest absolute Gasteiger partial charge is 0.496 e. The van der Waals surface area contributed by atoms with Crippen molar-refractivity contribution in [3.63, 3.8) is 0 Å². The van der Waals surface area contributed by atoms with Gasteiger partial charge in [-0.05, 0) is 38.0 Å². The Bertz CT molecular complexity index is 822. The van der Waals surface area contributed by atoms with Crippen molar-refractivity contribution in [1.82, 2.24) is 15.0 Å². The quantitative estimate of drug-likeness (QED) is 0.809. The molecular formula is C18H23N5OS. The topological polar surface area (TPSA) is 86.0 Å². The summed E-state index contributed by atoms with van der Waals surface area (Å²) in [5.74, 6) is 2.88. The number of rotatable bonds is 4. The van der Waals surface area contributed by atoms with Crippen LogP contribution in [0.2, 0.25) is 0 Å². The molecule has 0 saturated heterocycles. The van der Waals surface area contributed by atoms with Crippen LogP contribution in [-0.4, -0.2) is 27.8 Å². The molecule has 25 heavy (non-hydrogen) atoms. The van der Waals surface area contributed by atoms with Crippen molar-refractivity contribution in [1.29, 1.82) is 0 Å². The van der Waals surface area contributed by atoms with Crippen molar-refractivity contribution in [2.75, 3.05) is 23.9 Å². The molecule has 0 radical (unpaired) electrons. The number of fused-ring (bicyclic) bond motifs is 1. The maximum atomic E-state index is 5.90. The molecule has 3 N–H and O–H groups in total. The molecule has 0 spiro atoms. The zero-order chi connectivity index (χ0) is 18.0. The van der Waals surface area contributed by atoms with Crippen LogP contribution in [0.4, 0.5) is 11.8 Å². The number of nitrogens with zero attached hydrogens (tertiary/aromatic N) is 3. The molecule has 6 nitrogen and oxygen atoms in total. The number of anilines is 2. The van der Waals surface area contributed by atoms with Crippen LogP contribution in [0.15, 0.2) is 17.8 Å². The molecule has 1 aliphatic heterocycles. The summed E-state index contributed by atoms with van der Waals surface area (Å²) in [7, 11) is 1.68. The third-order valence-corrected chi connectivity index (χ3v) is 5.34. The van der Waals surface area contributed by atoms with Crippen LogP contribution >= 0.6 is 11.8 Å². The second kappa shape index (κ2) is 7.31. The Labute approximate surface area is 152 Å². The fourth-order valence-electron chi connectivity index (χ4n) is 3.00. The Kier molecular flexibility index (Phi) is 5.13. The maximum absolute atomic E-state index is 5.90. The van der Waals surface area contributed by atoms with Gasteiger partial charge >= 0.3 is 0 Å². The second-order valence-electron chi connectivity index (χ2n) is 6.07. The van der Waals surface area contributed by atoms with Crippen molar-refractivity contribution in [2.24, 2.45) is 0 Å². The molecule has 2 aromatic rings. The number of hydrogen-bond acceptors (Lipinski definition) is 7. The van der Waals surface area contributed by atoms with E-state index in [4.69, 9.17) is 10.5 Å². The van der Waals surface area contributed by atoms with E-state index in [2.05, 4.69) is 26.8 Å². The molecule has 0 saturated carbocycles. The Morgan fingerprint density at radius 2 is 2.16 bits per heavy atom. The highest BCUT2D eigenvalue weighted by Gasteiger charge is 2.20. The molecule has 0 unspecified atom stereocenters. The number of hydrogen-bond donors (Lipinski definition) is 2. The van der Waals surface area contributed by atoms with Crippen molar-refractivity contribution in [3.05, 3.63) is 35.2 Å². The molecule has 0 bridgehead atoms. The number of pyridine rings is 1. The number of aryl methyl sites for hydroxylation is 1. The second-order valence-corrected chi connectivity index (χ2v) is 7.15. The zero-order valence-electron chi connectivity index (χ0n) is 14.8. The van der Waals surface area contributed by atoms with Crippen LogP contribution in [0.1, 0.15) is 35.2 Å². The van der Waals surface area contributed by atoms with Gasteiger partial charge in [-0.2, -0.15) is 4.98 Å². The molecule has 0 amide bonds. The van der Waals surface area contributed by atoms with Gasteiger partial charge in [-0.15, -0.1) is 11.8 Å². The minimum atomic E-state index is 0.273. The molecule has 0 aliphatic carbocycles. The first kappa shape index (κ1) is 17.5. The maximum Gasteiger partial charge on any atom is 0.223 e. The summed E-state index contributed by atoms with van der Waals surface area (Å²) in [6.45, 7) is 8.74. The van der Waals surface area contributed by atoms with Crippen molar-refractivity contribution >= 4 is 29.1 Å². The van der Waals surface area contributed by atoms with E-state index in [1.165, 1.54) is 0 Å². The highest BCUT2D eigenvalue weighted by Crippen LogP contribution is 2.37. The van der Waals surface area contributed by atoms with Gasteiger partial charge in [-0.25, -0.2) is 4.98 Å². The number of ether oxygens (including phenoxy) is 1. The summed E-state index contributed by atoms with van der Waals surface area (Å²) >= 11 is 1.71. The highest BCUT2D eigenvalue weighted by atomic mass is 32.2. The fourth-order valence-corrected chi connectivity index (χ4v) is 4.03. The fraction of sp³-hybridized carbons (Fsp3) is 0.389. The standard InChI is InChI=1S/C18H23N5OS/c1-10-6-5-7-25-17-14(10)16(22-18(19)23-17)21-9-13-12(3)15(24-4)11(2)8-20-13/h8H,1,5-7,9H2,2-4H3,(H3,19,21,22,23). The summed E-state index contributed by atoms with van der Waals surface area (Å²) in [5, 5.41) is 4.28. The number of thioether (sulfide) groups is 1. The number of aromatic nitrogens is 3. The lowest BCUT2D eigenvalue weighted by atomic mass is 10.1. The van der Waals surface area contributed by atoms with Gasteiger partial charge in [-0.1, -0.05) is 6.58 Å². The zero-order valence-corrected chi connectivity index (χ0v) is 15.7. The molecule has 0 atom stereocenters. The monoisotopic (exact) mass is 357 g/mol. The van der Waals surface area contributed by atoms with E-state index in [0.717, 1.165) is 63.1 Å². The predicted octanol–water partition coefficient (Wildman–Crippen LogP) is 3.59. The lowest BCUT2D eigenvalue weighted by Gasteiger charge is -2.16. The van der Waals surface area contributed by atoms with Crippen LogP contribution in [0.5, 0.6) is 5.75 Å². The van der Waals surface area contributed by atoms with Crippen LogP contribution < -0.4 is 15.8 Å². The molecule has 1 aliphatic rings. The van der Waals surface area contributed by atoms with Gasteiger partial charge in [0.25, 0.3) is 0 Å². The smallest absolute Gasteiger partial charge is 0.223 e. The SMILES string of the molecule is C=C1CCCSc2nc(N)nc(NCc3ncc(C)c(OC)c3C)c21. The van der Waals surface area contributed by atoms with Gasteiger partial charge in [0.15, 0.2) is 0 Å². The number of methoxy groups -OCH3 is 1. The molecule has 7 heteroatoms. The van der Waals surface area contributed by atoms with Gasteiger partial charge in [0.2, 0.25) is 5.95 Å². The normalized spacial score (nSPS) is 14.0. The Hall–Kier alpha value is -2.28. The molecule has 2 aromatic heterocycles. The third kappa shape index (κ3) is 3.56.